The van der Waals surface area contributed by atoms with Crippen molar-refractivity contribution in [1.29, 1.82) is 0 Å². The molecule has 0 spiro atoms. The summed E-state index contributed by atoms with van der Waals surface area (Å²) < 4.78 is 1.85. The van der Waals surface area contributed by atoms with Gasteiger partial charge < -0.3 is 0 Å². The van der Waals surface area contributed by atoms with Crippen LogP contribution in [0.2, 0.25) is 0 Å². The summed E-state index contributed by atoms with van der Waals surface area (Å²) in [5.41, 5.74) is 5.08. The van der Waals surface area contributed by atoms with E-state index in [4.69, 9.17) is 0 Å². The maximum absolute atomic E-state index is 13.1. The zero-order chi connectivity index (χ0) is 18.5. The third kappa shape index (κ3) is 3.87. The van der Waals surface area contributed by atoms with Gasteiger partial charge in [-0.05, 0) is 43.4 Å². The molecule has 0 radical (unpaired) electrons. The number of benzene rings is 2. The molecule has 138 valence electrons. The molecule has 0 aliphatic heterocycles. The van der Waals surface area contributed by atoms with Gasteiger partial charge in [0.15, 0.2) is 0 Å². The molecule has 27 heavy (non-hydrogen) atoms. The van der Waals surface area contributed by atoms with E-state index >= 15 is 0 Å². The van der Waals surface area contributed by atoms with Crippen molar-refractivity contribution in [2.24, 2.45) is 0 Å². The molecule has 1 aromatic heterocycles. The molecule has 4 rings (SSSR count). The summed E-state index contributed by atoms with van der Waals surface area (Å²) in [5, 5.41) is 0. The first-order valence-corrected chi connectivity index (χ1v) is 10.1. The summed E-state index contributed by atoms with van der Waals surface area (Å²) >= 11 is 0. The number of fused-ring (bicyclic) bond motifs is 1. The molecule has 2 aromatic carbocycles. The van der Waals surface area contributed by atoms with Crippen molar-refractivity contribution in [2.45, 2.75) is 51.4 Å². The number of hydrogen-bond donors (Lipinski definition) is 0. The van der Waals surface area contributed by atoms with Gasteiger partial charge in [-0.15, -0.1) is 0 Å². The second-order valence-electron chi connectivity index (χ2n) is 7.33. The SMILES string of the molecule is O=c1nc(-c2ccccc2)c2c(n1-c1ccccc1)CCCCCCCC2. The topological polar surface area (TPSA) is 34.9 Å². The van der Waals surface area contributed by atoms with E-state index in [-0.39, 0.29) is 5.69 Å². The van der Waals surface area contributed by atoms with Crippen LogP contribution in [0.25, 0.3) is 16.9 Å². The van der Waals surface area contributed by atoms with Crippen LogP contribution in [0.5, 0.6) is 0 Å². The first-order valence-electron chi connectivity index (χ1n) is 10.1. The van der Waals surface area contributed by atoms with Gasteiger partial charge in [-0.2, -0.15) is 4.98 Å². The van der Waals surface area contributed by atoms with E-state index in [9.17, 15) is 4.79 Å². The van der Waals surface area contributed by atoms with Gasteiger partial charge in [-0.3, -0.25) is 4.57 Å². The first-order chi connectivity index (χ1) is 13.3. The van der Waals surface area contributed by atoms with Crippen LogP contribution in [0.4, 0.5) is 0 Å². The van der Waals surface area contributed by atoms with Crippen molar-refractivity contribution < 1.29 is 0 Å². The van der Waals surface area contributed by atoms with Crippen molar-refractivity contribution in [3.8, 4) is 16.9 Å². The summed E-state index contributed by atoms with van der Waals surface area (Å²) in [7, 11) is 0. The average Bonchev–Trinajstić information content (AvgIpc) is 2.72. The summed E-state index contributed by atoms with van der Waals surface area (Å²) in [6, 6.07) is 20.1. The normalized spacial score (nSPS) is 15.1. The zero-order valence-corrected chi connectivity index (χ0v) is 15.7. The molecule has 0 saturated carbocycles. The van der Waals surface area contributed by atoms with E-state index in [1.165, 1.54) is 31.2 Å². The molecular formula is C24H26N2O. The fraction of sp³-hybridized carbons (Fsp3) is 0.333. The Morgan fingerprint density at radius 1 is 0.704 bits per heavy atom. The van der Waals surface area contributed by atoms with Gasteiger partial charge in [0.05, 0.1) is 11.4 Å². The number of para-hydroxylation sites is 1. The molecule has 0 saturated heterocycles. The highest BCUT2D eigenvalue weighted by molar-refractivity contribution is 5.64. The predicted octanol–water partition coefficient (Wildman–Crippen LogP) is 5.34. The smallest absolute Gasteiger partial charge is 0.265 e. The van der Waals surface area contributed by atoms with Crippen LogP contribution in [0.1, 0.15) is 49.8 Å². The lowest BCUT2D eigenvalue weighted by Gasteiger charge is -2.21. The third-order valence-corrected chi connectivity index (χ3v) is 5.45. The van der Waals surface area contributed by atoms with E-state index in [0.29, 0.717) is 0 Å². The van der Waals surface area contributed by atoms with E-state index in [2.05, 4.69) is 17.1 Å². The minimum absolute atomic E-state index is 0.170. The molecule has 0 fully saturated rings. The predicted molar refractivity (Wildman–Crippen MR) is 110 cm³/mol. The van der Waals surface area contributed by atoms with Gasteiger partial charge in [0.1, 0.15) is 0 Å². The highest BCUT2D eigenvalue weighted by atomic mass is 16.1. The summed E-state index contributed by atoms with van der Waals surface area (Å²) in [4.78, 5) is 17.7. The van der Waals surface area contributed by atoms with Gasteiger partial charge in [-0.25, -0.2) is 4.79 Å². The van der Waals surface area contributed by atoms with Crippen molar-refractivity contribution in [3.63, 3.8) is 0 Å². The highest BCUT2D eigenvalue weighted by Gasteiger charge is 2.19. The molecule has 3 heteroatoms. The number of nitrogens with zero attached hydrogens (tertiary/aromatic N) is 2. The second-order valence-corrected chi connectivity index (χ2v) is 7.33. The number of aromatic nitrogens is 2. The van der Waals surface area contributed by atoms with Crippen molar-refractivity contribution in [2.75, 3.05) is 0 Å². The van der Waals surface area contributed by atoms with Crippen LogP contribution in [-0.2, 0) is 12.8 Å². The molecule has 0 N–H and O–H groups in total. The third-order valence-electron chi connectivity index (χ3n) is 5.45. The molecule has 3 aromatic rings. The van der Waals surface area contributed by atoms with E-state index < -0.39 is 0 Å². The molecule has 0 bridgehead atoms. The van der Waals surface area contributed by atoms with Gasteiger partial charge in [0.2, 0.25) is 0 Å². The molecule has 1 heterocycles. The standard InChI is InChI=1S/C24H26N2O/c27-24-25-23(19-13-7-5-8-14-19)21-17-11-3-1-2-4-12-18-22(21)26(24)20-15-9-6-10-16-20/h5-10,13-16H,1-4,11-12,17-18H2. The van der Waals surface area contributed by atoms with Crippen LogP contribution >= 0.6 is 0 Å². The van der Waals surface area contributed by atoms with Gasteiger partial charge in [0.25, 0.3) is 0 Å². The quantitative estimate of drug-likeness (QED) is 0.620. The monoisotopic (exact) mass is 358 g/mol. The Morgan fingerprint density at radius 2 is 1.30 bits per heavy atom. The Balaban J connectivity index is 1.95. The zero-order valence-electron chi connectivity index (χ0n) is 15.7. The fourth-order valence-corrected chi connectivity index (χ4v) is 4.11. The fourth-order valence-electron chi connectivity index (χ4n) is 4.11. The molecule has 0 amide bonds. The highest BCUT2D eigenvalue weighted by Crippen LogP contribution is 2.28. The summed E-state index contributed by atoms with van der Waals surface area (Å²) in [6.45, 7) is 0. The Morgan fingerprint density at radius 3 is 2.00 bits per heavy atom. The van der Waals surface area contributed by atoms with Gasteiger partial charge in [-0.1, -0.05) is 74.2 Å². The van der Waals surface area contributed by atoms with E-state index in [0.717, 1.165) is 48.3 Å². The Kier molecular flexibility index (Phi) is 5.47. The maximum atomic E-state index is 13.1. The molecule has 1 aliphatic rings. The van der Waals surface area contributed by atoms with E-state index in [1.54, 1.807) is 0 Å². The minimum atomic E-state index is -0.170. The lowest BCUT2D eigenvalue weighted by atomic mass is 9.94. The van der Waals surface area contributed by atoms with Crippen molar-refractivity contribution in [3.05, 3.63) is 82.4 Å². The second kappa shape index (κ2) is 8.34. The molecule has 0 unspecified atom stereocenters. The lowest BCUT2D eigenvalue weighted by Crippen LogP contribution is -2.28. The Bertz CT molecular complexity index is 945. The summed E-state index contributed by atoms with van der Waals surface area (Å²) in [5.74, 6) is 0. The van der Waals surface area contributed by atoms with Crippen LogP contribution in [-0.4, -0.2) is 9.55 Å². The summed E-state index contributed by atoms with van der Waals surface area (Å²) in [6.07, 6.45) is 9.27. The Hall–Kier alpha value is -2.68. The maximum Gasteiger partial charge on any atom is 0.352 e. The number of rotatable bonds is 2. The van der Waals surface area contributed by atoms with E-state index in [1.807, 2.05) is 53.1 Å². The molecule has 0 atom stereocenters. The minimum Gasteiger partial charge on any atom is -0.265 e. The largest absolute Gasteiger partial charge is 0.352 e. The van der Waals surface area contributed by atoms with Gasteiger partial charge >= 0.3 is 5.69 Å². The molecule has 1 aliphatic carbocycles. The number of hydrogen-bond acceptors (Lipinski definition) is 2. The van der Waals surface area contributed by atoms with Crippen LogP contribution < -0.4 is 5.69 Å². The van der Waals surface area contributed by atoms with Crippen molar-refractivity contribution in [1.82, 2.24) is 9.55 Å². The lowest BCUT2D eigenvalue weighted by molar-refractivity contribution is 0.569. The van der Waals surface area contributed by atoms with Crippen LogP contribution in [0, 0.1) is 0 Å². The Labute approximate surface area is 160 Å². The first kappa shape index (κ1) is 17.7. The molecular weight excluding hydrogens is 332 g/mol. The average molecular weight is 358 g/mol. The van der Waals surface area contributed by atoms with Gasteiger partial charge in [0, 0.05) is 11.3 Å². The van der Waals surface area contributed by atoms with Crippen LogP contribution in [0.15, 0.2) is 65.5 Å². The van der Waals surface area contributed by atoms with Crippen LogP contribution in [0.3, 0.4) is 0 Å². The molecule has 3 nitrogen and oxygen atoms in total. The van der Waals surface area contributed by atoms with Crippen molar-refractivity contribution >= 4 is 0 Å².